The molecule has 21 aliphatic heterocycles. The van der Waals surface area contributed by atoms with Crippen LogP contribution in [0.15, 0.2) is 23.8 Å². The van der Waals surface area contributed by atoms with E-state index in [9.17, 15) is 132 Å². The van der Waals surface area contributed by atoms with E-state index in [4.69, 9.17) is 71.1 Å². The summed E-state index contributed by atoms with van der Waals surface area (Å²) in [6.07, 6.45) is -69.5. The van der Waals surface area contributed by atoms with Crippen molar-refractivity contribution in [2.24, 2.45) is 28.6 Å². The second-order valence-corrected chi connectivity index (χ2v) is 30.5. The Bertz CT molecular complexity index is 3180. The Labute approximate surface area is 620 Å². The summed E-state index contributed by atoms with van der Waals surface area (Å²) in [5.74, 6) is -3.71. The Hall–Kier alpha value is -3.68. The number of hydrogen-bond acceptors (Lipinski definition) is 41. The van der Waals surface area contributed by atoms with Crippen molar-refractivity contribution in [3.63, 3.8) is 0 Å². The first kappa shape index (κ1) is 84.7. The molecule has 109 heavy (non-hydrogen) atoms. The average molecular weight is 1580 g/mol. The van der Waals surface area contributed by atoms with Gasteiger partial charge in [-0.2, -0.15) is 0 Å². The number of rotatable bonds is 14. The summed E-state index contributed by atoms with van der Waals surface area (Å²) < 4.78 is 86.7. The van der Waals surface area contributed by atoms with Gasteiger partial charge < -0.3 is 189 Å². The predicted molar refractivity (Wildman–Crippen MR) is 343 cm³/mol. The lowest BCUT2D eigenvalue weighted by Gasteiger charge is -2.59. The van der Waals surface area contributed by atoms with Crippen LogP contribution in [0.25, 0.3) is 0 Å². The number of allylic oxidation sites excluding steroid dienone is 4. The second kappa shape index (κ2) is 34.2. The maximum absolute atomic E-state index is 14.1. The molecular weight excluding hydrogens is 1470 g/mol. The molecule has 0 unspecified atom stereocenters. The van der Waals surface area contributed by atoms with Crippen LogP contribution in [0.2, 0.25) is 0 Å². The van der Waals surface area contributed by atoms with Crippen LogP contribution in [-0.4, -0.2) is 415 Å². The Balaban J connectivity index is 0.765. The maximum Gasteiger partial charge on any atom is 0.306 e. The third kappa shape index (κ3) is 15.9. The van der Waals surface area contributed by atoms with Crippen molar-refractivity contribution in [3.05, 3.63) is 23.8 Å². The number of Topliss-reactive ketones (excluding diaryl/α,β-unsaturated/α-hetero) is 1. The molecule has 620 valence electrons. The highest BCUT2D eigenvalue weighted by Gasteiger charge is 2.69. The summed E-state index contributed by atoms with van der Waals surface area (Å²) in [5.41, 5.74) is -2.91. The molecule has 0 aromatic carbocycles. The lowest BCUT2D eigenvalue weighted by Crippen LogP contribution is -2.68. The first-order valence-electron chi connectivity index (χ1n) is 36.4. The van der Waals surface area contributed by atoms with E-state index in [-0.39, 0.29) is 36.4 Å². The van der Waals surface area contributed by atoms with Crippen LogP contribution in [0, 0.1) is 28.6 Å². The Morgan fingerprint density at radius 1 is 0.450 bits per heavy atom. The summed E-state index contributed by atoms with van der Waals surface area (Å²) in [6.45, 7) is -4.71. The number of aliphatic hydroxyl groups excluding tert-OH is 21. The molecule has 23 N–H and O–H groups in total. The molecule has 42 heteroatoms. The smallest absolute Gasteiger partial charge is 0.306 e. The van der Waals surface area contributed by atoms with Crippen molar-refractivity contribution < 1.29 is 203 Å². The minimum atomic E-state index is -2.37. The summed E-state index contributed by atoms with van der Waals surface area (Å²) >= 11 is 0. The van der Waals surface area contributed by atoms with Crippen LogP contribution in [0.5, 0.6) is 0 Å². The fourth-order valence-electron chi connectivity index (χ4n) is 18.1. The van der Waals surface area contributed by atoms with E-state index in [1.54, 1.807) is 13.0 Å². The van der Waals surface area contributed by atoms with Crippen LogP contribution in [0.3, 0.4) is 0 Å². The van der Waals surface area contributed by atoms with Crippen LogP contribution in [0.1, 0.15) is 58.8 Å². The van der Waals surface area contributed by atoms with E-state index in [2.05, 4.69) is 5.32 Å². The molecular formula is C67H101NO41. The lowest BCUT2D eigenvalue weighted by molar-refractivity contribution is -0.396. The fourth-order valence-corrected chi connectivity index (χ4v) is 18.1. The highest BCUT2D eigenvalue weighted by Crippen LogP contribution is 2.67. The standard InChI is InChI=1S/C67H101NO41/c1-65-9-7-22(75)11-21(65)3-4-23-24-8-10-67(94,66(24,2)12-25(76)36(23)65)33(77)20-95-35(79)6-5-34(78)68-13-26-51-37(80)44(87)58(96-26)104-52-27(14-69)98-60(46(89)39(52)82)106-54-29(16-71)100-62(48(91)41(54)84)108-56-31(18-73)102-64(50(93)43(56)86)109-57-32(19-74)101-63(49(92)42(57)85)107-55-30(17-72)99-61(47(90)40(55)83)105-53-28(15-70)97-59(103-51)45(88)38(53)81/h7,9,11,23-32,36-64,69-74,76,80-94H,3-6,8,10,12-20H2,1-2H3,(H,68,78)/t23-,24-,25-,26+,27+,28+,29+,30+,31+,32+,36+,37+,38+,39+,40+,41+,42+,43+,44+,45+,46+,47+,48+,49+,50+,51+,52+,53+,54+,55+,56+,57+,58+,59+,60+,61+,62+,63+,64+,65-,66-,67-/m0/s1. The number of hydrogen-bond donors (Lipinski definition) is 23. The van der Waals surface area contributed by atoms with Gasteiger partial charge in [0.25, 0.3) is 0 Å². The SMILES string of the molecule is C[C@]12C=CC(=O)C=C1CC[C@@H]1[C@@H]2[C@@H](O)C[C@@]2(C)[C@H]1CC[C@]2(O)C(=O)COC(=O)CCC(=O)NC[C@H]1O[C@@H]2O[C@H]3[C@H](O)[C@@H](O)[C@@H](O[C@H]4[C@H](O)[C@@H](O)[C@@H](O[C@H]5[C@H](O)[C@@H](O)[C@@H](O[C@H]6[C@H](O)[C@@H](O)[C@@H](O[C@H]7[C@H](O)[C@@H](O)[C@@H](O[C@H]8[C@H](O)[C@@H](O)[C@@H](O[C@H]1[C@H](O)[C@H]2O)O[C@@H]8CO)O[C@@H]7CO)O[C@@H]6CO)O[C@@H]5CO)O[C@@H]4CO)O[C@@H]3CO. The molecule has 25 aliphatic rings. The minimum absolute atomic E-state index is 0.00336. The fraction of sp³-hybridized carbons (Fsp3) is 0.881. The second-order valence-electron chi connectivity index (χ2n) is 30.5. The lowest BCUT2D eigenvalue weighted by atomic mass is 9.46. The molecule has 14 bridgehead atoms. The molecule has 1 amide bonds. The molecule has 42 nitrogen and oxygen atoms in total. The molecule has 0 radical (unpaired) electrons. The number of amides is 1. The van der Waals surface area contributed by atoms with Crippen LogP contribution in [-0.2, 0) is 90.2 Å². The van der Waals surface area contributed by atoms with Gasteiger partial charge in [0.05, 0.1) is 52.2 Å². The summed E-state index contributed by atoms with van der Waals surface area (Å²) in [5, 5.41) is 252. The van der Waals surface area contributed by atoms with Gasteiger partial charge in [-0.25, -0.2) is 0 Å². The van der Waals surface area contributed by atoms with Crippen LogP contribution in [0.4, 0.5) is 0 Å². The largest absolute Gasteiger partial charge is 0.458 e. The van der Waals surface area contributed by atoms with Gasteiger partial charge in [0.1, 0.15) is 177 Å². The summed E-state index contributed by atoms with van der Waals surface area (Å²) in [6, 6.07) is 0. The number of ether oxygens (including phenoxy) is 15. The van der Waals surface area contributed by atoms with Gasteiger partial charge >= 0.3 is 5.97 Å². The zero-order valence-corrected chi connectivity index (χ0v) is 59.0. The molecule has 0 aromatic rings. The van der Waals surface area contributed by atoms with Gasteiger partial charge in [0.2, 0.25) is 11.7 Å². The van der Waals surface area contributed by atoms with Crippen molar-refractivity contribution in [1.29, 1.82) is 0 Å². The average Bonchev–Trinajstić information content (AvgIpc) is 1.58. The normalized spacial score (nSPS) is 51.7. The number of esters is 1. The number of carbonyl (C=O) groups is 4. The van der Waals surface area contributed by atoms with Gasteiger partial charge in [0, 0.05) is 29.7 Å². The molecule has 21 heterocycles. The monoisotopic (exact) mass is 1580 g/mol. The number of carbonyl (C=O) groups excluding carboxylic acids is 4. The first-order valence-corrected chi connectivity index (χ1v) is 36.4. The topological polar surface area (TPSA) is 664 Å². The molecule has 4 aliphatic carbocycles. The van der Waals surface area contributed by atoms with Crippen molar-refractivity contribution >= 4 is 23.4 Å². The Morgan fingerprint density at radius 3 is 1.10 bits per heavy atom. The quantitative estimate of drug-likeness (QED) is 0.0718. The summed E-state index contributed by atoms with van der Waals surface area (Å²) in [4.78, 5) is 53.5. The number of aliphatic hydroxyl groups is 22. The van der Waals surface area contributed by atoms with Gasteiger partial charge in [0.15, 0.2) is 56.4 Å². The third-order valence-corrected chi connectivity index (χ3v) is 24.1. The van der Waals surface area contributed by atoms with Gasteiger partial charge in [-0.05, 0) is 56.1 Å². The van der Waals surface area contributed by atoms with Gasteiger partial charge in [-0.1, -0.05) is 25.5 Å². The zero-order chi connectivity index (χ0) is 78.9. The predicted octanol–water partition coefficient (Wildman–Crippen LogP) is -13.2. The van der Waals surface area contributed by atoms with E-state index in [1.807, 2.05) is 13.0 Å². The molecule has 0 spiro atoms. The molecule has 25 rings (SSSR count). The zero-order valence-electron chi connectivity index (χ0n) is 59.0. The van der Waals surface area contributed by atoms with Crippen molar-refractivity contribution in [1.82, 2.24) is 5.32 Å². The summed E-state index contributed by atoms with van der Waals surface area (Å²) in [7, 11) is 0. The Morgan fingerprint density at radius 2 is 0.771 bits per heavy atom. The highest BCUT2D eigenvalue weighted by molar-refractivity contribution is 6.01. The molecule has 24 fully saturated rings. The van der Waals surface area contributed by atoms with Gasteiger partial charge in [-0.3, -0.25) is 19.2 Å². The van der Waals surface area contributed by atoms with Crippen molar-refractivity contribution in [2.75, 3.05) is 52.8 Å². The third-order valence-electron chi connectivity index (χ3n) is 24.1. The minimum Gasteiger partial charge on any atom is -0.458 e. The van der Waals surface area contributed by atoms with Crippen molar-refractivity contribution in [3.8, 4) is 0 Å². The molecule has 42 atom stereocenters. The number of ketones is 2. The molecule has 21 saturated heterocycles. The van der Waals surface area contributed by atoms with Crippen LogP contribution < -0.4 is 5.32 Å². The van der Waals surface area contributed by atoms with E-state index in [0.29, 0.717) is 19.3 Å². The maximum atomic E-state index is 14.1. The van der Waals surface area contributed by atoms with E-state index < -0.39 is 321 Å². The van der Waals surface area contributed by atoms with E-state index >= 15 is 0 Å². The Kier molecular flexibility index (Phi) is 26.6. The molecule has 3 saturated carbocycles. The van der Waals surface area contributed by atoms with Crippen molar-refractivity contribution in [2.45, 2.75) is 285 Å². The number of nitrogens with one attached hydrogen (secondary N) is 1. The first-order chi connectivity index (χ1) is 51.7. The van der Waals surface area contributed by atoms with E-state index in [1.165, 1.54) is 6.08 Å². The highest BCUT2D eigenvalue weighted by atomic mass is 16.8. The van der Waals surface area contributed by atoms with Gasteiger partial charge in [-0.15, -0.1) is 0 Å². The van der Waals surface area contributed by atoms with Crippen LogP contribution >= 0.6 is 0 Å². The van der Waals surface area contributed by atoms with E-state index in [0.717, 1.165) is 5.57 Å². The number of fused-ring (bicyclic) bond motifs is 5. The molecule has 0 aromatic heterocycles.